The normalized spacial score (nSPS) is 18.6. The highest BCUT2D eigenvalue weighted by atomic mass is 19.4. The van der Waals surface area contributed by atoms with Crippen molar-refractivity contribution in [2.75, 3.05) is 18.4 Å². The van der Waals surface area contributed by atoms with Gasteiger partial charge in [-0.2, -0.15) is 13.2 Å². The van der Waals surface area contributed by atoms with Gasteiger partial charge in [0.2, 0.25) is 5.91 Å². The molecule has 4 nitrogen and oxygen atoms in total. The number of nitrogens with two attached hydrogens (primary N) is 1. The standard InChI is InChI=1S/C16H22F3N3O/c1-11(10-15(20)23)22-8-6-14(7-9-22)21-13-4-2-12(3-5-13)16(17,18)19/h2-5,11,14,21H,6-10H2,1H3,(H2,20,23)/t11-/m1/s1. The molecule has 1 aromatic carbocycles. The SMILES string of the molecule is C[C@H](CC(N)=O)N1CCC(Nc2ccc(C(F)(F)F)cc2)CC1. The van der Waals surface area contributed by atoms with Crippen LogP contribution in [0.25, 0.3) is 0 Å². The molecule has 0 saturated carbocycles. The number of benzene rings is 1. The van der Waals surface area contributed by atoms with Gasteiger partial charge in [-0.1, -0.05) is 0 Å². The number of piperidine rings is 1. The van der Waals surface area contributed by atoms with Gasteiger partial charge >= 0.3 is 6.18 Å². The minimum atomic E-state index is -4.31. The number of nitrogens with zero attached hydrogens (tertiary/aromatic N) is 1. The summed E-state index contributed by atoms with van der Waals surface area (Å²) in [6.45, 7) is 3.66. The van der Waals surface area contributed by atoms with E-state index in [1.807, 2.05) is 6.92 Å². The molecule has 1 atom stereocenters. The summed E-state index contributed by atoms with van der Waals surface area (Å²) in [4.78, 5) is 13.2. The third-order valence-corrected chi connectivity index (χ3v) is 4.23. The van der Waals surface area contributed by atoms with Crippen LogP contribution in [-0.2, 0) is 11.0 Å². The summed E-state index contributed by atoms with van der Waals surface area (Å²) in [5, 5.41) is 3.27. The van der Waals surface area contributed by atoms with Crippen LogP contribution < -0.4 is 11.1 Å². The monoisotopic (exact) mass is 329 g/mol. The predicted molar refractivity (Wildman–Crippen MR) is 82.9 cm³/mol. The smallest absolute Gasteiger partial charge is 0.382 e. The second-order valence-corrected chi connectivity index (χ2v) is 6.05. The highest BCUT2D eigenvalue weighted by molar-refractivity contribution is 5.74. The van der Waals surface area contributed by atoms with Crippen LogP contribution in [0, 0.1) is 0 Å². The number of halogens is 3. The van der Waals surface area contributed by atoms with Gasteiger partial charge in [-0.15, -0.1) is 0 Å². The van der Waals surface area contributed by atoms with Crippen LogP contribution in [0.5, 0.6) is 0 Å². The first-order chi connectivity index (χ1) is 10.8. The van der Waals surface area contributed by atoms with Crippen LogP contribution in [0.4, 0.5) is 18.9 Å². The van der Waals surface area contributed by atoms with Crippen LogP contribution in [0.3, 0.4) is 0 Å². The molecule has 2 rings (SSSR count). The van der Waals surface area contributed by atoms with E-state index in [2.05, 4.69) is 10.2 Å². The number of carbonyl (C=O) groups is 1. The summed E-state index contributed by atoms with van der Waals surface area (Å²) in [6, 6.07) is 5.46. The van der Waals surface area contributed by atoms with Gasteiger partial charge in [-0.05, 0) is 44.0 Å². The zero-order chi connectivity index (χ0) is 17.0. The maximum absolute atomic E-state index is 12.5. The molecule has 1 aromatic rings. The molecule has 0 aliphatic carbocycles. The van der Waals surface area contributed by atoms with E-state index in [1.165, 1.54) is 12.1 Å². The summed E-state index contributed by atoms with van der Waals surface area (Å²) < 4.78 is 37.6. The Labute approximate surface area is 133 Å². The first kappa shape index (κ1) is 17.6. The summed E-state index contributed by atoms with van der Waals surface area (Å²) >= 11 is 0. The topological polar surface area (TPSA) is 58.4 Å². The third kappa shape index (κ3) is 5.13. The van der Waals surface area contributed by atoms with Crippen LogP contribution in [-0.4, -0.2) is 36.0 Å². The van der Waals surface area contributed by atoms with Gasteiger partial charge in [0.25, 0.3) is 0 Å². The molecule has 128 valence electrons. The van der Waals surface area contributed by atoms with Crippen molar-refractivity contribution in [1.29, 1.82) is 0 Å². The lowest BCUT2D eigenvalue weighted by Gasteiger charge is -2.36. The average molecular weight is 329 g/mol. The number of primary amides is 1. The number of anilines is 1. The van der Waals surface area contributed by atoms with E-state index in [-0.39, 0.29) is 18.0 Å². The van der Waals surface area contributed by atoms with Gasteiger partial charge in [0.05, 0.1) is 5.56 Å². The molecule has 0 bridgehead atoms. The van der Waals surface area contributed by atoms with E-state index in [0.717, 1.165) is 38.1 Å². The molecule has 3 N–H and O–H groups in total. The number of carbonyl (C=O) groups excluding carboxylic acids is 1. The lowest BCUT2D eigenvalue weighted by atomic mass is 10.0. The fourth-order valence-electron chi connectivity index (χ4n) is 2.90. The Morgan fingerprint density at radius 2 is 1.87 bits per heavy atom. The van der Waals surface area contributed by atoms with Crippen LogP contribution in [0.1, 0.15) is 31.7 Å². The fraction of sp³-hybridized carbons (Fsp3) is 0.562. The number of alkyl halides is 3. The van der Waals surface area contributed by atoms with E-state index in [0.29, 0.717) is 12.1 Å². The molecule has 0 radical (unpaired) electrons. The second-order valence-electron chi connectivity index (χ2n) is 6.05. The number of nitrogens with one attached hydrogen (secondary N) is 1. The van der Waals surface area contributed by atoms with Crippen molar-refractivity contribution in [2.24, 2.45) is 5.73 Å². The average Bonchev–Trinajstić information content (AvgIpc) is 2.47. The molecule has 23 heavy (non-hydrogen) atoms. The Morgan fingerprint density at radius 3 is 2.35 bits per heavy atom. The van der Waals surface area contributed by atoms with Crippen LogP contribution >= 0.6 is 0 Å². The van der Waals surface area contributed by atoms with E-state index < -0.39 is 11.7 Å². The van der Waals surface area contributed by atoms with Gasteiger partial charge in [-0.3, -0.25) is 9.69 Å². The second kappa shape index (κ2) is 7.21. The Morgan fingerprint density at radius 1 is 1.30 bits per heavy atom. The summed E-state index contributed by atoms with van der Waals surface area (Å²) in [5.74, 6) is -0.303. The van der Waals surface area contributed by atoms with E-state index in [4.69, 9.17) is 5.73 Å². The van der Waals surface area contributed by atoms with Gasteiger partial charge in [0, 0.05) is 37.3 Å². The molecule has 0 spiro atoms. The molecule has 1 aliphatic rings. The number of rotatable bonds is 5. The maximum atomic E-state index is 12.5. The van der Waals surface area contributed by atoms with Crippen molar-refractivity contribution >= 4 is 11.6 Å². The van der Waals surface area contributed by atoms with Crippen LogP contribution in [0.2, 0.25) is 0 Å². The fourth-order valence-corrected chi connectivity index (χ4v) is 2.90. The molecule has 0 unspecified atom stereocenters. The number of likely N-dealkylation sites (tertiary alicyclic amines) is 1. The lowest BCUT2D eigenvalue weighted by Crippen LogP contribution is -2.44. The van der Waals surface area contributed by atoms with E-state index in [9.17, 15) is 18.0 Å². The third-order valence-electron chi connectivity index (χ3n) is 4.23. The Hall–Kier alpha value is -1.76. The first-order valence-electron chi connectivity index (χ1n) is 7.72. The number of amides is 1. The van der Waals surface area contributed by atoms with Crippen molar-refractivity contribution in [1.82, 2.24) is 4.90 Å². The van der Waals surface area contributed by atoms with E-state index in [1.54, 1.807) is 0 Å². The number of hydrogen-bond acceptors (Lipinski definition) is 3. The van der Waals surface area contributed by atoms with Crippen molar-refractivity contribution < 1.29 is 18.0 Å². The molecule has 1 aliphatic heterocycles. The minimum absolute atomic E-state index is 0.125. The molecule has 1 fully saturated rings. The molecule has 0 aromatic heterocycles. The Kier molecular flexibility index (Phi) is 5.51. The van der Waals surface area contributed by atoms with Gasteiger partial charge in [0.15, 0.2) is 0 Å². The molecular formula is C16H22F3N3O. The highest BCUT2D eigenvalue weighted by Crippen LogP contribution is 2.30. The first-order valence-corrected chi connectivity index (χ1v) is 7.72. The Balaban J connectivity index is 1.83. The van der Waals surface area contributed by atoms with E-state index >= 15 is 0 Å². The predicted octanol–water partition coefficient (Wildman–Crippen LogP) is 2.85. The van der Waals surface area contributed by atoms with Crippen molar-refractivity contribution in [3.8, 4) is 0 Å². The van der Waals surface area contributed by atoms with Gasteiger partial charge in [0.1, 0.15) is 0 Å². The molecule has 1 amide bonds. The molecular weight excluding hydrogens is 307 g/mol. The zero-order valence-electron chi connectivity index (χ0n) is 13.1. The van der Waals surface area contributed by atoms with Crippen molar-refractivity contribution in [2.45, 2.75) is 44.4 Å². The van der Waals surface area contributed by atoms with Gasteiger partial charge < -0.3 is 11.1 Å². The largest absolute Gasteiger partial charge is 0.416 e. The molecule has 7 heteroatoms. The molecule has 1 saturated heterocycles. The lowest BCUT2D eigenvalue weighted by molar-refractivity contribution is -0.137. The molecule has 1 heterocycles. The highest BCUT2D eigenvalue weighted by Gasteiger charge is 2.30. The van der Waals surface area contributed by atoms with Crippen molar-refractivity contribution in [3.63, 3.8) is 0 Å². The Bertz CT molecular complexity index is 522. The summed E-state index contributed by atoms with van der Waals surface area (Å²) in [6.07, 6.45) is -2.20. The summed E-state index contributed by atoms with van der Waals surface area (Å²) in [5.41, 5.74) is 5.27. The van der Waals surface area contributed by atoms with Crippen LogP contribution in [0.15, 0.2) is 24.3 Å². The quantitative estimate of drug-likeness (QED) is 0.873. The summed E-state index contributed by atoms with van der Waals surface area (Å²) in [7, 11) is 0. The minimum Gasteiger partial charge on any atom is -0.382 e. The van der Waals surface area contributed by atoms with Gasteiger partial charge in [-0.25, -0.2) is 0 Å². The van der Waals surface area contributed by atoms with Crippen molar-refractivity contribution in [3.05, 3.63) is 29.8 Å². The zero-order valence-corrected chi connectivity index (χ0v) is 13.1. The maximum Gasteiger partial charge on any atom is 0.416 e. The number of hydrogen-bond donors (Lipinski definition) is 2.